The molecule has 20 heavy (non-hydrogen) atoms. The Morgan fingerprint density at radius 3 is 2.80 bits per heavy atom. The van der Waals surface area contributed by atoms with Crippen molar-refractivity contribution in [3.8, 4) is 0 Å². The first-order valence-electron chi connectivity index (χ1n) is 7.12. The fraction of sp³-hybridized carbons (Fsp3) is 0.600. The Labute approximate surface area is 118 Å². The predicted molar refractivity (Wildman–Crippen MR) is 70.7 cm³/mol. The molecule has 1 aromatic carbocycles. The molecule has 3 aliphatic rings. The normalized spacial score (nSPS) is 37.4. The standard InChI is InChI=1S/C15H19NO4/c1-2-4-12(5-3-1)7-16-13-6-14(20-16)15(9-17-8-13)10-18-11-19-15/h1-5,13-14H,6-11H2/t13-,14+,15?/m0/s1. The van der Waals surface area contributed by atoms with Gasteiger partial charge in [0.15, 0.2) is 0 Å². The van der Waals surface area contributed by atoms with Gasteiger partial charge in [-0.25, -0.2) is 0 Å². The van der Waals surface area contributed by atoms with Crippen molar-refractivity contribution in [1.29, 1.82) is 0 Å². The van der Waals surface area contributed by atoms with Crippen LogP contribution < -0.4 is 0 Å². The summed E-state index contributed by atoms with van der Waals surface area (Å²) < 4.78 is 17.0. The van der Waals surface area contributed by atoms with Crippen molar-refractivity contribution in [2.75, 3.05) is 26.6 Å². The van der Waals surface area contributed by atoms with Gasteiger partial charge in [-0.1, -0.05) is 30.3 Å². The van der Waals surface area contributed by atoms with E-state index in [1.54, 1.807) is 0 Å². The van der Waals surface area contributed by atoms with Crippen LogP contribution in [0.3, 0.4) is 0 Å². The van der Waals surface area contributed by atoms with Crippen LogP contribution in [0.5, 0.6) is 0 Å². The van der Waals surface area contributed by atoms with Gasteiger partial charge in [-0.15, -0.1) is 0 Å². The van der Waals surface area contributed by atoms with Gasteiger partial charge < -0.3 is 14.2 Å². The van der Waals surface area contributed by atoms with Crippen molar-refractivity contribution in [3.05, 3.63) is 35.9 Å². The second kappa shape index (κ2) is 5.09. The van der Waals surface area contributed by atoms with Crippen LogP contribution >= 0.6 is 0 Å². The highest BCUT2D eigenvalue weighted by Gasteiger charge is 2.53. The van der Waals surface area contributed by atoms with Gasteiger partial charge in [0.2, 0.25) is 0 Å². The molecular weight excluding hydrogens is 258 g/mol. The van der Waals surface area contributed by atoms with E-state index in [1.807, 2.05) is 11.1 Å². The van der Waals surface area contributed by atoms with Gasteiger partial charge in [0.25, 0.3) is 0 Å². The Balaban J connectivity index is 1.51. The fourth-order valence-corrected chi connectivity index (χ4v) is 3.19. The van der Waals surface area contributed by atoms with Gasteiger partial charge >= 0.3 is 0 Å². The van der Waals surface area contributed by atoms with E-state index in [0.717, 1.165) is 13.0 Å². The molecule has 5 nitrogen and oxygen atoms in total. The number of rotatable bonds is 2. The van der Waals surface area contributed by atoms with E-state index >= 15 is 0 Å². The first kappa shape index (κ1) is 12.7. The summed E-state index contributed by atoms with van der Waals surface area (Å²) in [6, 6.07) is 10.7. The molecule has 3 fully saturated rings. The molecule has 3 atom stereocenters. The Morgan fingerprint density at radius 1 is 1.15 bits per heavy atom. The molecule has 1 aromatic rings. The van der Waals surface area contributed by atoms with E-state index in [4.69, 9.17) is 19.0 Å². The first-order valence-corrected chi connectivity index (χ1v) is 7.12. The van der Waals surface area contributed by atoms with Crippen LogP contribution in [0.15, 0.2) is 30.3 Å². The third kappa shape index (κ3) is 2.16. The van der Waals surface area contributed by atoms with Gasteiger partial charge in [0, 0.05) is 6.54 Å². The molecule has 1 unspecified atom stereocenters. The van der Waals surface area contributed by atoms with E-state index in [0.29, 0.717) is 32.7 Å². The van der Waals surface area contributed by atoms with E-state index in [1.165, 1.54) is 5.56 Å². The van der Waals surface area contributed by atoms with Gasteiger partial charge in [0.1, 0.15) is 18.5 Å². The van der Waals surface area contributed by atoms with Crippen LogP contribution in [0.2, 0.25) is 0 Å². The molecule has 3 aliphatic heterocycles. The topological polar surface area (TPSA) is 40.2 Å². The summed E-state index contributed by atoms with van der Waals surface area (Å²) in [5, 5.41) is 2.04. The highest BCUT2D eigenvalue weighted by Crippen LogP contribution is 2.37. The average Bonchev–Trinajstić information content (AvgIpc) is 3.04. The van der Waals surface area contributed by atoms with Crippen molar-refractivity contribution < 1.29 is 19.0 Å². The number of ether oxygens (including phenoxy) is 3. The summed E-state index contributed by atoms with van der Waals surface area (Å²) >= 11 is 0. The number of hydrogen-bond acceptors (Lipinski definition) is 5. The van der Waals surface area contributed by atoms with Crippen LogP contribution in [-0.4, -0.2) is 49.4 Å². The maximum atomic E-state index is 6.16. The van der Waals surface area contributed by atoms with Crippen LogP contribution in [0, 0.1) is 0 Å². The van der Waals surface area contributed by atoms with Crippen LogP contribution in [0.4, 0.5) is 0 Å². The Bertz CT molecular complexity index is 460. The second-order valence-electron chi connectivity index (χ2n) is 5.73. The van der Waals surface area contributed by atoms with Crippen molar-refractivity contribution in [3.63, 3.8) is 0 Å². The van der Waals surface area contributed by atoms with Crippen molar-refractivity contribution in [1.82, 2.24) is 5.06 Å². The summed E-state index contributed by atoms with van der Waals surface area (Å²) in [6.07, 6.45) is 0.970. The van der Waals surface area contributed by atoms with Gasteiger partial charge in [-0.2, -0.15) is 5.06 Å². The molecule has 108 valence electrons. The van der Waals surface area contributed by atoms with Gasteiger partial charge in [0.05, 0.1) is 25.9 Å². The number of hydrogen-bond donors (Lipinski definition) is 0. The molecule has 2 bridgehead atoms. The molecule has 0 aliphatic carbocycles. The molecule has 0 radical (unpaired) electrons. The third-order valence-electron chi connectivity index (χ3n) is 4.36. The molecule has 0 N–H and O–H groups in total. The van der Waals surface area contributed by atoms with Crippen molar-refractivity contribution in [2.24, 2.45) is 0 Å². The summed E-state index contributed by atoms with van der Waals surface area (Å²) in [4.78, 5) is 6.16. The molecule has 3 heterocycles. The van der Waals surface area contributed by atoms with E-state index in [9.17, 15) is 0 Å². The monoisotopic (exact) mass is 277 g/mol. The Kier molecular flexibility index (Phi) is 3.24. The van der Waals surface area contributed by atoms with Gasteiger partial charge in [-0.3, -0.25) is 4.84 Å². The van der Waals surface area contributed by atoms with Crippen LogP contribution in [-0.2, 0) is 25.6 Å². The lowest BCUT2D eigenvalue weighted by Gasteiger charge is -2.33. The smallest absolute Gasteiger partial charge is 0.147 e. The maximum Gasteiger partial charge on any atom is 0.147 e. The number of benzene rings is 1. The maximum absolute atomic E-state index is 6.16. The molecular formula is C15H19NO4. The number of nitrogens with zero attached hydrogens (tertiary/aromatic N) is 1. The molecule has 1 spiro atoms. The Morgan fingerprint density at radius 2 is 2.00 bits per heavy atom. The van der Waals surface area contributed by atoms with E-state index in [-0.39, 0.29) is 6.10 Å². The largest absolute Gasteiger partial charge is 0.377 e. The molecule has 0 amide bonds. The SMILES string of the molecule is c1ccc(CN2O[C@@H]3C[C@H]2COCC32COCO2)cc1. The van der Waals surface area contributed by atoms with E-state index < -0.39 is 5.60 Å². The van der Waals surface area contributed by atoms with Gasteiger partial charge in [-0.05, 0) is 12.0 Å². The van der Waals surface area contributed by atoms with E-state index in [2.05, 4.69) is 24.3 Å². The first-order chi connectivity index (χ1) is 9.86. The molecule has 0 saturated carbocycles. The minimum absolute atomic E-state index is 0.0289. The number of hydroxylamine groups is 2. The molecule has 3 saturated heterocycles. The third-order valence-corrected chi connectivity index (χ3v) is 4.36. The Hall–Kier alpha value is -0.980. The van der Waals surface area contributed by atoms with Crippen LogP contribution in [0.1, 0.15) is 12.0 Å². The summed E-state index contributed by atoms with van der Waals surface area (Å²) in [6.45, 7) is 2.93. The highest BCUT2D eigenvalue weighted by atomic mass is 16.8. The second-order valence-corrected chi connectivity index (χ2v) is 5.73. The summed E-state index contributed by atoms with van der Waals surface area (Å²) in [5.74, 6) is 0. The average molecular weight is 277 g/mol. The minimum Gasteiger partial charge on any atom is -0.377 e. The summed E-state index contributed by atoms with van der Waals surface area (Å²) in [7, 11) is 0. The zero-order chi connectivity index (χ0) is 13.4. The highest BCUT2D eigenvalue weighted by molar-refractivity contribution is 5.14. The fourth-order valence-electron chi connectivity index (χ4n) is 3.19. The van der Waals surface area contributed by atoms with Crippen molar-refractivity contribution in [2.45, 2.75) is 30.7 Å². The lowest BCUT2D eigenvalue weighted by atomic mass is 9.95. The number of fused-ring (bicyclic) bond motifs is 3. The van der Waals surface area contributed by atoms with Crippen molar-refractivity contribution >= 4 is 0 Å². The molecule has 5 heteroatoms. The predicted octanol–water partition coefficient (Wildman–Crippen LogP) is 1.33. The zero-order valence-corrected chi connectivity index (χ0v) is 11.4. The quantitative estimate of drug-likeness (QED) is 0.815. The lowest BCUT2D eigenvalue weighted by Crippen LogP contribution is -2.49. The lowest BCUT2D eigenvalue weighted by molar-refractivity contribution is -0.243. The molecule has 0 aromatic heterocycles. The minimum atomic E-state index is -0.416. The zero-order valence-electron chi connectivity index (χ0n) is 11.4. The van der Waals surface area contributed by atoms with Crippen LogP contribution in [0.25, 0.3) is 0 Å². The summed E-state index contributed by atoms with van der Waals surface area (Å²) in [5.41, 5.74) is 0.830. The molecule has 4 rings (SSSR count).